The van der Waals surface area contributed by atoms with E-state index >= 15 is 0 Å². The fraction of sp³-hybridized carbons (Fsp3) is 1.00. The van der Waals surface area contributed by atoms with Gasteiger partial charge in [0.1, 0.15) is 0 Å². The van der Waals surface area contributed by atoms with Gasteiger partial charge in [0.25, 0.3) is 0 Å². The Morgan fingerprint density at radius 1 is 0.950 bits per heavy atom. The van der Waals surface area contributed by atoms with E-state index in [1.807, 2.05) is 0 Å². The minimum atomic E-state index is 0.751. The summed E-state index contributed by atoms with van der Waals surface area (Å²) >= 11 is 0. The van der Waals surface area contributed by atoms with Crippen LogP contribution >= 0.6 is 0 Å². The van der Waals surface area contributed by atoms with E-state index in [-0.39, 0.29) is 0 Å². The molecule has 3 aliphatic carbocycles. The van der Waals surface area contributed by atoms with Gasteiger partial charge in [-0.1, -0.05) is 45.4 Å². The van der Waals surface area contributed by atoms with Crippen LogP contribution in [0.25, 0.3) is 0 Å². The maximum absolute atomic E-state index is 4.01. The van der Waals surface area contributed by atoms with E-state index in [1.165, 1.54) is 51.4 Å². The molecule has 0 saturated heterocycles. The summed E-state index contributed by atoms with van der Waals surface area (Å²) in [6.45, 7) is 4.73. The number of rotatable bonds is 8. The van der Waals surface area contributed by atoms with Crippen molar-refractivity contribution in [2.24, 2.45) is 23.7 Å². The monoisotopic (exact) mass is 277 g/mol. The van der Waals surface area contributed by atoms with Crippen molar-refractivity contribution in [1.82, 2.24) is 5.32 Å². The summed E-state index contributed by atoms with van der Waals surface area (Å²) in [5, 5.41) is 4.01. The molecule has 0 spiro atoms. The van der Waals surface area contributed by atoms with Crippen molar-refractivity contribution in [3.05, 3.63) is 0 Å². The molecule has 0 heterocycles. The van der Waals surface area contributed by atoms with E-state index in [4.69, 9.17) is 0 Å². The number of hydrogen-bond acceptors (Lipinski definition) is 1. The van der Waals surface area contributed by atoms with E-state index in [1.54, 1.807) is 19.3 Å². The highest BCUT2D eigenvalue weighted by molar-refractivity contribution is 5.05. The predicted octanol–water partition coefficient (Wildman–Crippen LogP) is 5.15. The van der Waals surface area contributed by atoms with Crippen molar-refractivity contribution < 1.29 is 0 Å². The smallest absolute Gasteiger partial charge is 0.0103 e. The van der Waals surface area contributed by atoms with Crippen LogP contribution in [0.1, 0.15) is 84.5 Å². The number of nitrogens with one attached hydrogen (secondary N) is 1. The molecule has 3 aliphatic rings. The highest BCUT2D eigenvalue weighted by atomic mass is 15.0. The van der Waals surface area contributed by atoms with Crippen molar-refractivity contribution >= 4 is 0 Å². The minimum absolute atomic E-state index is 0.751. The molecule has 0 aliphatic heterocycles. The molecule has 6 atom stereocenters. The molecular formula is C19H35N. The van der Waals surface area contributed by atoms with Crippen LogP contribution in [-0.4, -0.2) is 12.1 Å². The number of unbranched alkanes of at least 4 members (excludes halogenated alkanes) is 4. The largest absolute Gasteiger partial charge is 0.311 e. The Bertz CT molecular complexity index is 300. The van der Waals surface area contributed by atoms with Gasteiger partial charge in [-0.15, -0.1) is 0 Å². The molecule has 0 aromatic carbocycles. The third-order valence-electron chi connectivity index (χ3n) is 6.67. The fourth-order valence-electron chi connectivity index (χ4n) is 5.76. The summed E-state index contributed by atoms with van der Waals surface area (Å²) < 4.78 is 0. The Labute approximate surface area is 126 Å². The van der Waals surface area contributed by atoms with Gasteiger partial charge in [-0.05, 0) is 62.7 Å². The topological polar surface area (TPSA) is 12.0 Å². The first kappa shape index (κ1) is 14.9. The molecule has 20 heavy (non-hydrogen) atoms. The number of fused-ring (bicyclic) bond motifs is 5. The van der Waals surface area contributed by atoms with Gasteiger partial charge in [-0.3, -0.25) is 0 Å². The molecule has 0 amide bonds. The lowest BCUT2D eigenvalue weighted by molar-refractivity contribution is 0.197. The summed E-state index contributed by atoms with van der Waals surface area (Å²) in [4.78, 5) is 0. The lowest BCUT2D eigenvalue weighted by atomic mass is 9.79. The Kier molecular flexibility index (Phi) is 5.07. The highest BCUT2D eigenvalue weighted by Crippen LogP contribution is 2.58. The molecule has 6 unspecified atom stereocenters. The maximum atomic E-state index is 4.01. The third kappa shape index (κ3) is 3.08. The van der Waals surface area contributed by atoms with E-state index in [0.717, 1.165) is 35.8 Å². The van der Waals surface area contributed by atoms with Crippen molar-refractivity contribution in [2.45, 2.75) is 96.6 Å². The number of hydrogen-bond donors (Lipinski definition) is 1. The normalized spacial score (nSPS) is 40.2. The van der Waals surface area contributed by atoms with Crippen molar-refractivity contribution in [2.75, 3.05) is 0 Å². The van der Waals surface area contributed by atoms with Crippen LogP contribution in [0.2, 0.25) is 0 Å². The zero-order chi connectivity index (χ0) is 13.9. The molecule has 3 rings (SSSR count). The SMILES string of the molecule is CCCCCCCC(C)NC1CC2CC1C1CCCC21. The third-order valence-corrected chi connectivity index (χ3v) is 6.67. The molecule has 3 fully saturated rings. The van der Waals surface area contributed by atoms with Crippen molar-refractivity contribution in [3.8, 4) is 0 Å². The summed E-state index contributed by atoms with van der Waals surface area (Å²) in [7, 11) is 0. The minimum Gasteiger partial charge on any atom is -0.311 e. The Morgan fingerprint density at radius 3 is 2.60 bits per heavy atom. The molecule has 0 aromatic rings. The Hall–Kier alpha value is -0.0400. The van der Waals surface area contributed by atoms with Crippen LogP contribution < -0.4 is 5.32 Å². The first-order chi connectivity index (χ1) is 9.79. The van der Waals surface area contributed by atoms with Crippen LogP contribution in [0.15, 0.2) is 0 Å². The van der Waals surface area contributed by atoms with Gasteiger partial charge in [-0.25, -0.2) is 0 Å². The van der Waals surface area contributed by atoms with E-state index in [2.05, 4.69) is 19.2 Å². The predicted molar refractivity (Wildman–Crippen MR) is 86.8 cm³/mol. The van der Waals surface area contributed by atoms with E-state index < -0.39 is 0 Å². The molecule has 2 bridgehead atoms. The summed E-state index contributed by atoms with van der Waals surface area (Å²) in [5.41, 5.74) is 0. The molecule has 1 nitrogen and oxygen atoms in total. The fourth-order valence-corrected chi connectivity index (χ4v) is 5.76. The zero-order valence-electron chi connectivity index (χ0n) is 13.7. The Morgan fingerprint density at radius 2 is 1.75 bits per heavy atom. The van der Waals surface area contributed by atoms with E-state index in [9.17, 15) is 0 Å². The quantitative estimate of drug-likeness (QED) is 0.605. The van der Waals surface area contributed by atoms with Gasteiger partial charge in [-0.2, -0.15) is 0 Å². The lowest BCUT2D eigenvalue weighted by Crippen LogP contribution is -2.43. The van der Waals surface area contributed by atoms with Gasteiger partial charge >= 0.3 is 0 Å². The maximum Gasteiger partial charge on any atom is 0.0103 e. The molecule has 1 heteroatoms. The molecule has 1 N–H and O–H groups in total. The van der Waals surface area contributed by atoms with E-state index in [0.29, 0.717) is 0 Å². The zero-order valence-corrected chi connectivity index (χ0v) is 13.7. The molecular weight excluding hydrogens is 242 g/mol. The van der Waals surface area contributed by atoms with Crippen LogP contribution in [0, 0.1) is 23.7 Å². The molecule has 0 aromatic heterocycles. The van der Waals surface area contributed by atoms with Gasteiger partial charge in [0.2, 0.25) is 0 Å². The van der Waals surface area contributed by atoms with Gasteiger partial charge in [0.15, 0.2) is 0 Å². The standard InChI is InChI=1S/C19H35N/c1-3-4-5-6-7-9-14(2)20-19-13-15-12-18(19)17-11-8-10-16(15)17/h14-20H,3-13H2,1-2H3. The van der Waals surface area contributed by atoms with Crippen molar-refractivity contribution in [3.63, 3.8) is 0 Å². The average Bonchev–Trinajstić information content (AvgIpc) is 3.10. The molecule has 116 valence electrons. The summed E-state index contributed by atoms with van der Waals surface area (Å²) in [5.74, 6) is 4.40. The van der Waals surface area contributed by atoms with Crippen LogP contribution in [-0.2, 0) is 0 Å². The first-order valence-electron chi connectivity index (χ1n) is 9.55. The van der Waals surface area contributed by atoms with Gasteiger partial charge in [0.05, 0.1) is 0 Å². The molecule has 0 radical (unpaired) electrons. The second-order valence-electron chi connectivity index (χ2n) is 8.03. The second-order valence-corrected chi connectivity index (χ2v) is 8.03. The van der Waals surface area contributed by atoms with Crippen LogP contribution in [0.4, 0.5) is 0 Å². The summed E-state index contributed by atoms with van der Waals surface area (Å²) in [6.07, 6.45) is 16.2. The average molecular weight is 277 g/mol. The molecule has 3 saturated carbocycles. The first-order valence-corrected chi connectivity index (χ1v) is 9.55. The lowest BCUT2D eigenvalue weighted by Gasteiger charge is -2.34. The van der Waals surface area contributed by atoms with Crippen molar-refractivity contribution in [1.29, 1.82) is 0 Å². The van der Waals surface area contributed by atoms with Gasteiger partial charge < -0.3 is 5.32 Å². The highest BCUT2D eigenvalue weighted by Gasteiger charge is 2.53. The van der Waals surface area contributed by atoms with Crippen LogP contribution in [0.3, 0.4) is 0 Å². The van der Waals surface area contributed by atoms with Gasteiger partial charge in [0, 0.05) is 12.1 Å². The summed E-state index contributed by atoms with van der Waals surface area (Å²) in [6, 6.07) is 1.63. The second kappa shape index (κ2) is 6.81. The van der Waals surface area contributed by atoms with Crippen LogP contribution in [0.5, 0.6) is 0 Å². The Balaban J connectivity index is 1.36.